The number of sulfonamides is 1. The molecule has 20 heteroatoms. The van der Waals surface area contributed by atoms with E-state index in [9.17, 15) is 46.0 Å². The number of carbonyl (C=O) groups is 4. The minimum Gasteiger partial charge on any atom is -0.569 e. The van der Waals surface area contributed by atoms with Gasteiger partial charge in [-0.05, 0) is 69.2 Å². The number of halogens is 3. The van der Waals surface area contributed by atoms with E-state index in [1.54, 1.807) is 36.4 Å². The second-order valence-corrected chi connectivity index (χ2v) is 14.6. The second-order valence-electron chi connectivity index (χ2n) is 12.9. The molecule has 16 nitrogen and oxygen atoms in total. The molecule has 0 aliphatic carbocycles. The van der Waals surface area contributed by atoms with Crippen molar-refractivity contribution in [2.45, 2.75) is 62.9 Å². The number of amides is 3. The summed E-state index contributed by atoms with van der Waals surface area (Å²) in [4.78, 5) is 56.1. The van der Waals surface area contributed by atoms with E-state index in [0.717, 1.165) is 33.3 Å². The first-order valence-corrected chi connectivity index (χ1v) is 18.7. The Balaban J connectivity index is 0.993. The maximum absolute atomic E-state index is 13.6. The molecule has 56 heavy (non-hydrogen) atoms. The number of nitrogens with zero attached hydrogens (tertiary/aromatic N) is 6. The van der Waals surface area contributed by atoms with Crippen molar-refractivity contribution < 1.29 is 55.3 Å². The molecule has 1 fully saturated rings. The zero-order valence-corrected chi connectivity index (χ0v) is 30.6. The summed E-state index contributed by atoms with van der Waals surface area (Å²) in [5.41, 5.74) is 0.851. The summed E-state index contributed by atoms with van der Waals surface area (Å²) >= 11 is 0. The molecule has 294 valence electrons. The highest BCUT2D eigenvalue weighted by atomic mass is 32.2. The quantitative estimate of drug-likeness (QED) is 0.0635. The van der Waals surface area contributed by atoms with Crippen LogP contribution in [0, 0.1) is 12.1 Å². The van der Waals surface area contributed by atoms with E-state index in [4.69, 9.17) is 9.57 Å². The lowest BCUT2D eigenvalue weighted by atomic mass is 10.1. The molecule has 4 aromatic rings. The standard InChI is InChI=1S/C36H34F3N7O9S/c1-22-9-11-24(12-10-22)30-20-31(36(37,38)39)40-45(30)25-13-15-27(16-14-25)56(52,53)41-32(47)17-18-33(48)54-21-26-6-5-19-43(26)46(51)42-55-23(2)44-34(49)28-7-3-4-8-29(28)35(44)50/h3-4,7-16,20,23,26H,5-6,17-19,21H2,1-2H3,(H,41,47)/t23?,26-/m0/s1. The molecule has 1 saturated heterocycles. The van der Waals surface area contributed by atoms with Crippen LogP contribution in [-0.4, -0.2) is 82.2 Å². The Morgan fingerprint density at radius 2 is 1.66 bits per heavy atom. The third-order valence-corrected chi connectivity index (χ3v) is 10.4. The van der Waals surface area contributed by atoms with Crippen molar-refractivity contribution in [3.63, 3.8) is 0 Å². The second kappa shape index (κ2) is 15.8. The van der Waals surface area contributed by atoms with Gasteiger partial charge in [0.25, 0.3) is 21.8 Å². The Morgan fingerprint density at radius 1 is 1.02 bits per heavy atom. The van der Waals surface area contributed by atoms with Crippen LogP contribution in [0.3, 0.4) is 0 Å². The molecule has 1 unspecified atom stereocenters. The van der Waals surface area contributed by atoms with Crippen molar-refractivity contribution in [3.05, 3.63) is 106 Å². The van der Waals surface area contributed by atoms with Crippen molar-refractivity contribution in [2.24, 2.45) is 5.28 Å². The van der Waals surface area contributed by atoms with Gasteiger partial charge in [0, 0.05) is 12.0 Å². The number of alkyl halides is 3. The van der Waals surface area contributed by atoms with Gasteiger partial charge in [-0.2, -0.15) is 18.3 Å². The predicted molar refractivity (Wildman–Crippen MR) is 188 cm³/mol. The van der Waals surface area contributed by atoms with Gasteiger partial charge < -0.3 is 14.8 Å². The molecule has 2 atom stereocenters. The molecule has 2 aliphatic heterocycles. The third kappa shape index (κ3) is 8.49. The summed E-state index contributed by atoms with van der Waals surface area (Å²) in [6.45, 7) is 3.17. The fourth-order valence-electron chi connectivity index (χ4n) is 6.11. The van der Waals surface area contributed by atoms with E-state index in [1.165, 1.54) is 36.2 Å². The average molecular weight is 798 g/mol. The van der Waals surface area contributed by atoms with Crippen LogP contribution < -0.4 is 4.72 Å². The summed E-state index contributed by atoms with van der Waals surface area (Å²) in [6.07, 6.45) is -6.03. The van der Waals surface area contributed by atoms with Gasteiger partial charge in [0.1, 0.15) is 12.6 Å². The van der Waals surface area contributed by atoms with Crippen molar-refractivity contribution in [3.8, 4) is 16.9 Å². The first kappa shape index (κ1) is 39.4. The number of imide groups is 1. The third-order valence-electron chi connectivity index (χ3n) is 9.00. The SMILES string of the molecule is Cc1ccc(-c2cc(C(F)(F)F)nn2-c2ccc(S(=O)(=O)NC(=O)CCC(=O)OC[C@@H]3CCCN3[N+]([O-])=NOC(C)N3C(=O)c4ccccc4C3=O)cc2)cc1. The number of aromatic nitrogens is 2. The molecule has 3 amide bonds. The van der Waals surface area contributed by atoms with Crippen LogP contribution in [0.1, 0.15) is 64.6 Å². The van der Waals surface area contributed by atoms with Crippen LogP contribution in [-0.2, 0) is 35.4 Å². The summed E-state index contributed by atoms with van der Waals surface area (Å²) in [5.74, 6) is -3.06. The molecule has 0 bridgehead atoms. The van der Waals surface area contributed by atoms with E-state index >= 15 is 0 Å². The molecule has 1 aromatic heterocycles. The minimum atomic E-state index is -4.74. The summed E-state index contributed by atoms with van der Waals surface area (Å²) in [5, 5.41) is 21.2. The number of ether oxygens (including phenoxy) is 1. The number of carbonyl (C=O) groups excluding carboxylic acids is 4. The fraction of sp³-hybridized carbons (Fsp3) is 0.306. The Bertz CT molecular complexity index is 2260. The number of nitrogens with one attached hydrogen (secondary N) is 1. The molecule has 3 aromatic carbocycles. The number of esters is 1. The van der Waals surface area contributed by atoms with Gasteiger partial charge in [-0.25, -0.2) is 22.7 Å². The Hall–Kier alpha value is -6.31. The molecular weight excluding hydrogens is 763 g/mol. The monoisotopic (exact) mass is 797 g/mol. The highest BCUT2D eigenvalue weighted by molar-refractivity contribution is 7.90. The number of fused-ring (bicyclic) bond motifs is 1. The molecule has 0 spiro atoms. The van der Waals surface area contributed by atoms with Crippen LogP contribution in [0.4, 0.5) is 13.2 Å². The maximum Gasteiger partial charge on any atom is 0.435 e. The van der Waals surface area contributed by atoms with Crippen molar-refractivity contribution in [1.29, 1.82) is 0 Å². The Morgan fingerprint density at radius 3 is 2.29 bits per heavy atom. The van der Waals surface area contributed by atoms with Crippen LogP contribution >= 0.6 is 0 Å². The highest BCUT2D eigenvalue weighted by Gasteiger charge is 2.40. The maximum atomic E-state index is 13.6. The highest BCUT2D eigenvalue weighted by Crippen LogP contribution is 2.33. The topological polar surface area (TPSA) is 196 Å². The van der Waals surface area contributed by atoms with E-state index in [1.807, 2.05) is 11.6 Å². The van der Waals surface area contributed by atoms with Gasteiger partial charge in [0.2, 0.25) is 17.4 Å². The van der Waals surface area contributed by atoms with E-state index < -0.39 is 70.7 Å². The van der Waals surface area contributed by atoms with Gasteiger partial charge in [-0.15, -0.1) is 5.01 Å². The molecule has 2 aliphatic rings. The first-order chi connectivity index (χ1) is 26.5. The molecule has 1 N–H and O–H groups in total. The normalized spacial score (nSPS) is 16.5. The zero-order chi connectivity index (χ0) is 40.4. The summed E-state index contributed by atoms with van der Waals surface area (Å²) in [7, 11) is -4.44. The molecule has 6 rings (SSSR count). The molecule has 0 saturated carbocycles. The van der Waals surface area contributed by atoms with E-state index in [-0.39, 0.29) is 45.5 Å². The molecular formula is C36H34F3N7O9S. The number of hydrogen-bond acceptors (Lipinski definition) is 11. The fourth-order valence-corrected chi connectivity index (χ4v) is 7.12. The smallest absolute Gasteiger partial charge is 0.435 e. The number of hydrazine groups is 1. The first-order valence-electron chi connectivity index (χ1n) is 17.2. The van der Waals surface area contributed by atoms with Crippen LogP contribution in [0.25, 0.3) is 16.9 Å². The van der Waals surface area contributed by atoms with Gasteiger partial charge in [-0.3, -0.25) is 19.2 Å². The van der Waals surface area contributed by atoms with Gasteiger partial charge in [0.15, 0.2) is 5.69 Å². The predicted octanol–water partition coefficient (Wildman–Crippen LogP) is 4.91. The summed E-state index contributed by atoms with van der Waals surface area (Å²) < 4.78 is 74.7. The van der Waals surface area contributed by atoms with Crippen LogP contribution in [0.5, 0.6) is 0 Å². The van der Waals surface area contributed by atoms with Crippen molar-refractivity contribution in [2.75, 3.05) is 13.2 Å². The lowest BCUT2D eigenvalue weighted by Crippen LogP contribution is -2.41. The lowest BCUT2D eigenvalue weighted by Gasteiger charge is -2.22. The van der Waals surface area contributed by atoms with Crippen molar-refractivity contribution >= 4 is 33.7 Å². The van der Waals surface area contributed by atoms with E-state index in [2.05, 4.69) is 10.4 Å². The van der Waals surface area contributed by atoms with Gasteiger partial charge >= 0.3 is 12.1 Å². The van der Waals surface area contributed by atoms with Gasteiger partial charge in [0.05, 0.1) is 45.3 Å². The minimum absolute atomic E-state index is 0.120. The van der Waals surface area contributed by atoms with Crippen LogP contribution in [0.15, 0.2) is 89.0 Å². The Kier molecular flexibility index (Phi) is 11.1. The zero-order valence-electron chi connectivity index (χ0n) is 29.8. The Labute approximate surface area is 317 Å². The average Bonchev–Trinajstić information content (AvgIpc) is 3.89. The molecule has 3 heterocycles. The summed E-state index contributed by atoms with van der Waals surface area (Å²) in [6, 6.07) is 17.9. The number of aryl methyl sites for hydroxylation is 1. The number of benzene rings is 3. The van der Waals surface area contributed by atoms with Crippen LogP contribution in [0.2, 0.25) is 0 Å². The number of rotatable bonds is 13. The number of hydrogen-bond donors (Lipinski definition) is 1. The van der Waals surface area contributed by atoms with Gasteiger partial charge in [-0.1, -0.05) is 42.0 Å². The van der Waals surface area contributed by atoms with E-state index in [0.29, 0.717) is 18.4 Å². The molecule has 0 radical (unpaired) electrons. The largest absolute Gasteiger partial charge is 0.569 e. The van der Waals surface area contributed by atoms with Crippen molar-refractivity contribution in [1.82, 2.24) is 24.4 Å². The lowest BCUT2D eigenvalue weighted by molar-refractivity contribution is -0.716.